The quantitative estimate of drug-likeness (QED) is 0.358. The van der Waals surface area contributed by atoms with Crippen LogP contribution in [0.1, 0.15) is 5.69 Å². The molecule has 0 saturated heterocycles. The number of ether oxygens (including phenoxy) is 1. The van der Waals surface area contributed by atoms with Gasteiger partial charge in [-0.05, 0) is 30.3 Å². The van der Waals surface area contributed by atoms with Crippen LogP contribution < -0.4 is 4.74 Å². The van der Waals surface area contributed by atoms with E-state index in [0.29, 0.717) is 22.6 Å². The molecule has 0 atom stereocenters. The van der Waals surface area contributed by atoms with Crippen LogP contribution in [0.5, 0.6) is 5.75 Å². The molecule has 3 aromatic heterocycles. The molecule has 0 fully saturated rings. The van der Waals surface area contributed by atoms with Crippen LogP contribution in [-0.4, -0.2) is 22.3 Å². The van der Waals surface area contributed by atoms with Crippen LogP contribution in [0.15, 0.2) is 60.5 Å². The Morgan fingerprint density at radius 2 is 2.19 bits per heavy atom. The summed E-state index contributed by atoms with van der Waals surface area (Å²) in [6.45, 7) is 0. The Labute approximate surface area is 165 Å². The number of benzene rings is 1. The highest BCUT2D eigenvalue weighted by Crippen LogP contribution is 2.35. The fourth-order valence-corrected chi connectivity index (χ4v) is 4.21. The molecule has 0 amide bonds. The second-order valence-corrected chi connectivity index (χ2v) is 7.83. The lowest BCUT2D eigenvalue weighted by atomic mass is 10.2. The van der Waals surface area contributed by atoms with E-state index in [-0.39, 0.29) is 0 Å². The molecular formula is C17H12BrN3O3S2. The minimum absolute atomic E-state index is 0.371. The van der Waals surface area contributed by atoms with Crippen molar-refractivity contribution in [2.24, 2.45) is 0 Å². The van der Waals surface area contributed by atoms with Gasteiger partial charge in [-0.3, -0.25) is 0 Å². The van der Waals surface area contributed by atoms with Gasteiger partial charge in [0.25, 0.3) is 11.1 Å². The van der Waals surface area contributed by atoms with Crippen LogP contribution in [0, 0.1) is 0 Å². The maximum atomic E-state index is 5.59. The maximum Gasteiger partial charge on any atom is 0.284 e. The Morgan fingerprint density at radius 3 is 3.00 bits per heavy atom. The SMILES string of the molecule is COc1ccc(Br)cc1-c1nc(CSc2nnc(-c3ccco3)o2)cs1. The van der Waals surface area contributed by atoms with Crippen molar-refractivity contribution in [1.82, 2.24) is 15.2 Å². The molecule has 0 N–H and O–H groups in total. The van der Waals surface area contributed by atoms with Crippen LogP contribution >= 0.6 is 39.0 Å². The van der Waals surface area contributed by atoms with Crippen LogP contribution in [0.25, 0.3) is 22.2 Å². The Hall–Kier alpha value is -2.10. The van der Waals surface area contributed by atoms with Gasteiger partial charge in [-0.2, -0.15) is 0 Å². The summed E-state index contributed by atoms with van der Waals surface area (Å²) in [6, 6.07) is 9.42. The second kappa shape index (κ2) is 7.65. The van der Waals surface area contributed by atoms with E-state index in [1.165, 1.54) is 11.8 Å². The molecule has 0 unspecified atom stereocenters. The fourth-order valence-electron chi connectivity index (χ4n) is 2.25. The number of nitrogens with zero attached hydrogens (tertiary/aromatic N) is 3. The van der Waals surface area contributed by atoms with Gasteiger partial charge in [-0.15, -0.1) is 21.5 Å². The number of aromatic nitrogens is 3. The largest absolute Gasteiger partial charge is 0.496 e. The molecule has 9 heteroatoms. The number of halogens is 1. The molecule has 0 aliphatic heterocycles. The average Bonchev–Trinajstić information content (AvgIpc) is 3.40. The highest BCUT2D eigenvalue weighted by atomic mass is 79.9. The van der Waals surface area contributed by atoms with Gasteiger partial charge in [0.15, 0.2) is 5.76 Å². The molecule has 4 rings (SSSR count). The van der Waals surface area contributed by atoms with E-state index >= 15 is 0 Å². The Kier molecular flexibility index (Phi) is 5.09. The average molecular weight is 450 g/mol. The molecule has 26 heavy (non-hydrogen) atoms. The summed E-state index contributed by atoms with van der Waals surface area (Å²) in [7, 11) is 1.66. The number of methoxy groups -OCH3 is 1. The summed E-state index contributed by atoms with van der Waals surface area (Å²) in [5, 5.41) is 11.4. The Morgan fingerprint density at radius 1 is 1.27 bits per heavy atom. The predicted octanol–water partition coefficient (Wildman–Crippen LogP) is 5.52. The molecule has 0 aliphatic rings. The maximum absolute atomic E-state index is 5.59. The summed E-state index contributed by atoms with van der Waals surface area (Å²) in [5.41, 5.74) is 1.90. The third-order valence-corrected chi connectivity index (χ3v) is 5.70. The van der Waals surface area contributed by atoms with Crippen molar-refractivity contribution in [2.75, 3.05) is 7.11 Å². The zero-order chi connectivity index (χ0) is 17.9. The molecule has 0 saturated carbocycles. The lowest BCUT2D eigenvalue weighted by molar-refractivity contribution is 0.416. The van der Waals surface area contributed by atoms with E-state index in [1.807, 2.05) is 23.6 Å². The smallest absolute Gasteiger partial charge is 0.284 e. The van der Waals surface area contributed by atoms with E-state index in [1.54, 1.807) is 36.8 Å². The Bertz CT molecular complexity index is 1010. The molecule has 4 aromatic rings. The lowest BCUT2D eigenvalue weighted by Crippen LogP contribution is -1.88. The molecule has 0 spiro atoms. The first-order valence-corrected chi connectivity index (χ1v) is 10.2. The van der Waals surface area contributed by atoms with E-state index in [9.17, 15) is 0 Å². The number of thiazole rings is 1. The molecular weight excluding hydrogens is 438 g/mol. The van der Waals surface area contributed by atoms with Crippen molar-refractivity contribution in [3.05, 3.63) is 52.1 Å². The standard InChI is InChI=1S/C17H12BrN3O3S2/c1-22-13-5-4-10(18)7-12(13)16-19-11(8-25-16)9-26-17-21-20-15(24-17)14-3-2-6-23-14/h2-8H,9H2,1H3. The predicted molar refractivity (Wildman–Crippen MR) is 103 cm³/mol. The third kappa shape index (κ3) is 3.69. The van der Waals surface area contributed by atoms with Crippen LogP contribution in [-0.2, 0) is 5.75 Å². The molecule has 132 valence electrons. The molecule has 6 nitrogen and oxygen atoms in total. The Balaban J connectivity index is 1.47. The van der Waals surface area contributed by atoms with Crippen molar-refractivity contribution < 1.29 is 13.6 Å². The number of thioether (sulfide) groups is 1. The fraction of sp³-hybridized carbons (Fsp3) is 0.118. The highest BCUT2D eigenvalue weighted by molar-refractivity contribution is 9.10. The monoisotopic (exact) mass is 449 g/mol. The van der Waals surface area contributed by atoms with E-state index in [4.69, 9.17) is 18.6 Å². The third-order valence-electron chi connectivity index (χ3n) is 3.43. The van der Waals surface area contributed by atoms with Gasteiger partial charge in [0, 0.05) is 15.6 Å². The van der Waals surface area contributed by atoms with Crippen molar-refractivity contribution in [1.29, 1.82) is 0 Å². The van der Waals surface area contributed by atoms with Gasteiger partial charge in [0.1, 0.15) is 10.8 Å². The normalized spacial score (nSPS) is 11.0. The van der Waals surface area contributed by atoms with Crippen molar-refractivity contribution >= 4 is 39.0 Å². The van der Waals surface area contributed by atoms with Gasteiger partial charge in [-0.25, -0.2) is 4.98 Å². The van der Waals surface area contributed by atoms with Crippen LogP contribution in [0.4, 0.5) is 0 Å². The highest BCUT2D eigenvalue weighted by Gasteiger charge is 2.14. The van der Waals surface area contributed by atoms with E-state index < -0.39 is 0 Å². The minimum atomic E-state index is 0.371. The molecule has 0 aliphatic carbocycles. The van der Waals surface area contributed by atoms with E-state index in [2.05, 4.69) is 26.1 Å². The number of hydrogen-bond acceptors (Lipinski definition) is 8. The second-order valence-electron chi connectivity index (χ2n) is 5.13. The number of furan rings is 1. The zero-order valence-corrected chi connectivity index (χ0v) is 16.7. The number of rotatable bonds is 6. The summed E-state index contributed by atoms with van der Waals surface area (Å²) in [6.07, 6.45) is 1.57. The van der Waals surface area contributed by atoms with Gasteiger partial charge in [0.05, 0.1) is 24.6 Å². The number of hydrogen-bond donors (Lipinski definition) is 0. The summed E-state index contributed by atoms with van der Waals surface area (Å²) >= 11 is 6.50. The topological polar surface area (TPSA) is 74.2 Å². The summed E-state index contributed by atoms with van der Waals surface area (Å²) < 4.78 is 17.2. The van der Waals surface area contributed by atoms with Gasteiger partial charge in [0.2, 0.25) is 0 Å². The molecule has 1 aromatic carbocycles. The molecule has 0 radical (unpaired) electrons. The summed E-state index contributed by atoms with van der Waals surface area (Å²) in [4.78, 5) is 4.69. The van der Waals surface area contributed by atoms with Crippen molar-refractivity contribution in [2.45, 2.75) is 11.0 Å². The minimum Gasteiger partial charge on any atom is -0.496 e. The lowest BCUT2D eigenvalue weighted by Gasteiger charge is -2.06. The summed E-state index contributed by atoms with van der Waals surface area (Å²) in [5.74, 6) is 2.35. The van der Waals surface area contributed by atoms with Crippen molar-refractivity contribution in [3.8, 4) is 28.0 Å². The van der Waals surface area contributed by atoms with Crippen LogP contribution in [0.2, 0.25) is 0 Å². The molecule has 3 heterocycles. The van der Waals surface area contributed by atoms with Gasteiger partial charge < -0.3 is 13.6 Å². The first-order chi connectivity index (χ1) is 12.7. The first-order valence-electron chi connectivity index (χ1n) is 7.51. The van der Waals surface area contributed by atoms with Gasteiger partial charge >= 0.3 is 0 Å². The zero-order valence-electron chi connectivity index (χ0n) is 13.5. The van der Waals surface area contributed by atoms with Crippen LogP contribution in [0.3, 0.4) is 0 Å². The molecule has 0 bridgehead atoms. The van der Waals surface area contributed by atoms with Gasteiger partial charge in [-0.1, -0.05) is 27.7 Å². The van der Waals surface area contributed by atoms with Crippen molar-refractivity contribution in [3.63, 3.8) is 0 Å². The van der Waals surface area contributed by atoms with E-state index in [0.717, 1.165) is 26.5 Å². The first kappa shape index (κ1) is 17.3.